The number of halogens is 1. The van der Waals surface area contributed by atoms with E-state index in [1.165, 1.54) is 6.33 Å². The molecule has 3 rings (SSSR count). The molecule has 2 aromatic heterocycles. The minimum absolute atomic E-state index is 0.282. The Morgan fingerprint density at radius 3 is 2.68 bits per heavy atom. The maximum absolute atomic E-state index is 10.1. The second kappa shape index (κ2) is 5.64. The van der Waals surface area contributed by atoms with Crippen molar-refractivity contribution in [2.24, 2.45) is 0 Å². The van der Waals surface area contributed by atoms with Crippen LogP contribution in [0, 0.1) is 0 Å². The van der Waals surface area contributed by atoms with Crippen LogP contribution in [0.15, 0.2) is 12.4 Å². The van der Waals surface area contributed by atoms with E-state index in [-0.39, 0.29) is 11.8 Å². The van der Waals surface area contributed by atoms with E-state index in [2.05, 4.69) is 9.97 Å². The number of pyridine rings is 1. The molecule has 1 fully saturated rings. The van der Waals surface area contributed by atoms with E-state index in [0.717, 1.165) is 0 Å². The summed E-state index contributed by atoms with van der Waals surface area (Å²) in [6.07, 6.45) is -2.55. The van der Waals surface area contributed by atoms with Crippen molar-refractivity contribution in [2.75, 3.05) is 25.6 Å². The fourth-order valence-electron chi connectivity index (χ4n) is 2.61. The first-order chi connectivity index (χ1) is 10.4. The van der Waals surface area contributed by atoms with Crippen molar-refractivity contribution in [3.05, 3.63) is 17.5 Å². The lowest BCUT2D eigenvalue weighted by atomic mass is 10.1. The molecule has 0 saturated carbocycles. The number of rotatable bonds is 3. The van der Waals surface area contributed by atoms with E-state index < -0.39 is 24.5 Å². The van der Waals surface area contributed by atoms with Crippen molar-refractivity contribution >= 4 is 28.5 Å². The molecule has 0 aliphatic carbocycles. The standard InChI is InChI=1S/C13H17ClN4O4/c1-17(2)12-9-6(3-8(14)16-12)18(5-15-9)13-11(21)10(20)7(4-19)22-13/h3,5,7,10-11,13,19-21H,4H2,1-2H3. The molecule has 1 saturated heterocycles. The summed E-state index contributed by atoms with van der Waals surface area (Å²) in [6, 6.07) is 1.62. The summed E-state index contributed by atoms with van der Waals surface area (Å²) in [4.78, 5) is 10.3. The van der Waals surface area contributed by atoms with Crippen LogP contribution in [-0.2, 0) is 4.74 Å². The Morgan fingerprint density at radius 1 is 1.36 bits per heavy atom. The quantitative estimate of drug-likeness (QED) is 0.668. The van der Waals surface area contributed by atoms with Crippen LogP contribution < -0.4 is 4.90 Å². The second-order valence-corrected chi connectivity index (χ2v) is 5.80. The van der Waals surface area contributed by atoms with Crippen LogP contribution in [0.5, 0.6) is 0 Å². The zero-order valence-corrected chi connectivity index (χ0v) is 12.8. The first-order valence-corrected chi connectivity index (χ1v) is 7.14. The molecule has 22 heavy (non-hydrogen) atoms. The summed E-state index contributed by atoms with van der Waals surface area (Å²) in [6.45, 7) is -0.382. The van der Waals surface area contributed by atoms with Gasteiger partial charge in [0.1, 0.15) is 29.0 Å². The molecule has 1 aliphatic heterocycles. The van der Waals surface area contributed by atoms with Gasteiger partial charge in [-0.1, -0.05) is 11.6 Å². The molecular formula is C13H17ClN4O4. The molecule has 0 aromatic carbocycles. The largest absolute Gasteiger partial charge is 0.394 e. The fraction of sp³-hybridized carbons (Fsp3) is 0.538. The first kappa shape index (κ1) is 15.4. The highest BCUT2D eigenvalue weighted by Crippen LogP contribution is 2.34. The number of imidazole rings is 1. The summed E-state index contributed by atoms with van der Waals surface area (Å²) in [5.74, 6) is 0.591. The molecule has 3 N–H and O–H groups in total. The van der Waals surface area contributed by atoms with E-state index in [9.17, 15) is 15.3 Å². The van der Waals surface area contributed by atoms with Crippen molar-refractivity contribution in [3.8, 4) is 0 Å². The highest BCUT2D eigenvalue weighted by molar-refractivity contribution is 6.30. The molecule has 0 amide bonds. The van der Waals surface area contributed by atoms with E-state index in [1.807, 2.05) is 14.1 Å². The third kappa shape index (κ3) is 2.33. The van der Waals surface area contributed by atoms with Gasteiger partial charge in [-0.05, 0) is 0 Å². The number of ether oxygens (including phenoxy) is 1. The maximum Gasteiger partial charge on any atom is 0.164 e. The molecule has 120 valence electrons. The molecule has 8 nitrogen and oxygen atoms in total. The van der Waals surface area contributed by atoms with Crippen molar-refractivity contribution in [1.82, 2.24) is 14.5 Å². The molecule has 3 heterocycles. The minimum Gasteiger partial charge on any atom is -0.394 e. The summed E-state index contributed by atoms with van der Waals surface area (Å²) >= 11 is 6.05. The smallest absolute Gasteiger partial charge is 0.164 e. The van der Waals surface area contributed by atoms with Gasteiger partial charge in [-0.25, -0.2) is 9.97 Å². The molecule has 4 atom stereocenters. The van der Waals surface area contributed by atoms with Crippen LogP contribution in [0.2, 0.25) is 5.15 Å². The lowest BCUT2D eigenvalue weighted by molar-refractivity contribution is -0.0508. The zero-order chi connectivity index (χ0) is 16.0. The van der Waals surface area contributed by atoms with Crippen molar-refractivity contribution in [3.63, 3.8) is 0 Å². The first-order valence-electron chi connectivity index (χ1n) is 6.77. The Hall–Kier alpha value is -1.45. The zero-order valence-electron chi connectivity index (χ0n) is 12.1. The Kier molecular flexibility index (Phi) is 3.96. The predicted molar refractivity (Wildman–Crippen MR) is 79.9 cm³/mol. The summed E-state index contributed by atoms with van der Waals surface area (Å²) < 4.78 is 7.11. The number of hydrogen-bond donors (Lipinski definition) is 3. The SMILES string of the molecule is CN(C)c1nc(Cl)cc2c1ncn2C1OC(CO)C(O)C1O. The molecule has 0 bridgehead atoms. The van der Waals surface area contributed by atoms with Crippen LogP contribution in [0.4, 0.5) is 5.82 Å². The summed E-state index contributed by atoms with van der Waals surface area (Å²) in [7, 11) is 3.65. The number of hydrogen-bond acceptors (Lipinski definition) is 7. The highest BCUT2D eigenvalue weighted by Gasteiger charge is 2.43. The van der Waals surface area contributed by atoms with Crippen LogP contribution in [0.3, 0.4) is 0 Å². The van der Waals surface area contributed by atoms with Crippen LogP contribution in [-0.4, -0.2) is 68.9 Å². The van der Waals surface area contributed by atoms with Crippen LogP contribution >= 0.6 is 11.6 Å². The molecule has 1 aliphatic rings. The Labute approximate surface area is 131 Å². The lowest BCUT2D eigenvalue weighted by Gasteiger charge is -2.18. The molecule has 9 heteroatoms. The fourth-order valence-corrected chi connectivity index (χ4v) is 2.79. The summed E-state index contributed by atoms with van der Waals surface area (Å²) in [5, 5.41) is 29.5. The van der Waals surface area contributed by atoms with Crippen molar-refractivity contribution in [1.29, 1.82) is 0 Å². The number of anilines is 1. The van der Waals surface area contributed by atoms with Crippen molar-refractivity contribution < 1.29 is 20.1 Å². The van der Waals surface area contributed by atoms with Gasteiger partial charge in [0.15, 0.2) is 12.0 Å². The maximum atomic E-state index is 10.1. The van der Waals surface area contributed by atoms with Gasteiger partial charge in [0.25, 0.3) is 0 Å². The van der Waals surface area contributed by atoms with E-state index >= 15 is 0 Å². The van der Waals surface area contributed by atoms with Gasteiger partial charge < -0.3 is 29.5 Å². The Bertz CT molecular complexity index is 692. The topological polar surface area (TPSA) is 104 Å². The van der Waals surface area contributed by atoms with Gasteiger partial charge in [0.2, 0.25) is 0 Å². The van der Waals surface area contributed by atoms with Crippen molar-refractivity contribution in [2.45, 2.75) is 24.5 Å². The van der Waals surface area contributed by atoms with Gasteiger partial charge in [0, 0.05) is 20.2 Å². The number of aliphatic hydroxyl groups excluding tert-OH is 3. The highest BCUT2D eigenvalue weighted by atomic mass is 35.5. The van der Waals surface area contributed by atoms with Gasteiger partial charge in [0.05, 0.1) is 18.5 Å². The number of fused-ring (bicyclic) bond motifs is 1. The van der Waals surface area contributed by atoms with Gasteiger partial charge in [-0.2, -0.15) is 0 Å². The molecule has 0 spiro atoms. The van der Waals surface area contributed by atoms with E-state index in [4.69, 9.17) is 16.3 Å². The molecular weight excluding hydrogens is 312 g/mol. The number of nitrogens with zero attached hydrogens (tertiary/aromatic N) is 4. The normalized spacial score (nSPS) is 28.5. The molecule has 0 radical (unpaired) electrons. The third-order valence-corrected chi connectivity index (χ3v) is 3.92. The monoisotopic (exact) mass is 328 g/mol. The third-order valence-electron chi connectivity index (χ3n) is 3.73. The van der Waals surface area contributed by atoms with Gasteiger partial charge in [-0.3, -0.25) is 0 Å². The number of aromatic nitrogens is 3. The summed E-state index contributed by atoms with van der Waals surface area (Å²) in [5.41, 5.74) is 1.23. The Balaban J connectivity index is 2.09. The Morgan fingerprint density at radius 2 is 2.09 bits per heavy atom. The number of aliphatic hydroxyl groups is 3. The molecule has 2 aromatic rings. The predicted octanol–water partition coefficient (Wildman–Crippen LogP) is -0.238. The van der Waals surface area contributed by atoms with E-state index in [0.29, 0.717) is 16.9 Å². The average Bonchev–Trinajstić information content (AvgIpc) is 3.00. The van der Waals surface area contributed by atoms with E-state index in [1.54, 1.807) is 15.5 Å². The van der Waals surface area contributed by atoms with Gasteiger partial charge in [-0.15, -0.1) is 0 Å². The van der Waals surface area contributed by atoms with Gasteiger partial charge >= 0.3 is 0 Å². The minimum atomic E-state index is -1.18. The van der Waals surface area contributed by atoms with Crippen LogP contribution in [0.1, 0.15) is 6.23 Å². The molecule has 4 unspecified atom stereocenters. The lowest BCUT2D eigenvalue weighted by Crippen LogP contribution is -2.33. The second-order valence-electron chi connectivity index (χ2n) is 5.41. The van der Waals surface area contributed by atoms with Crippen LogP contribution in [0.25, 0.3) is 11.0 Å². The average molecular weight is 329 g/mol.